The summed E-state index contributed by atoms with van der Waals surface area (Å²) in [6.07, 6.45) is 1.94. The fourth-order valence-electron chi connectivity index (χ4n) is 6.63. The summed E-state index contributed by atoms with van der Waals surface area (Å²) in [5.74, 6) is 7.11. The molecule has 0 radical (unpaired) electrons. The monoisotopic (exact) mass is 529 g/mol. The van der Waals surface area contributed by atoms with E-state index >= 15 is 0 Å². The molecule has 3 aliphatic carbocycles. The highest BCUT2D eigenvalue weighted by atomic mass is 16.6. The van der Waals surface area contributed by atoms with E-state index in [0.29, 0.717) is 22.7 Å². The van der Waals surface area contributed by atoms with Crippen molar-refractivity contribution in [3.05, 3.63) is 57.6 Å². The van der Waals surface area contributed by atoms with E-state index in [1.165, 1.54) is 0 Å². The normalized spacial score (nSPS) is 26.7. The first kappa shape index (κ1) is 26.6. The lowest BCUT2D eigenvalue weighted by atomic mass is 9.40. The summed E-state index contributed by atoms with van der Waals surface area (Å²) in [5, 5.41) is 30.7. The lowest BCUT2D eigenvalue weighted by molar-refractivity contribution is -0.107. The lowest BCUT2D eigenvalue weighted by Gasteiger charge is -2.67. The molecule has 3 saturated carbocycles. The summed E-state index contributed by atoms with van der Waals surface area (Å²) in [6.45, 7) is 11.3. The number of ether oxygens (including phenoxy) is 2. The molecule has 9 nitrogen and oxygen atoms in total. The Morgan fingerprint density at radius 1 is 1.31 bits per heavy atom. The highest BCUT2D eigenvalue weighted by molar-refractivity contribution is 5.70. The third kappa shape index (κ3) is 4.22. The Balaban J connectivity index is 1.49. The first-order valence-corrected chi connectivity index (χ1v) is 13.2. The van der Waals surface area contributed by atoms with E-state index in [4.69, 9.17) is 15.2 Å². The van der Waals surface area contributed by atoms with Crippen LogP contribution < -0.4 is 15.8 Å². The number of carbonyl (C=O) groups excluding carboxylic acids is 1. The average Bonchev–Trinajstić information content (AvgIpc) is 3.17. The Labute approximate surface area is 228 Å². The number of H-pyrrole nitrogens is 1. The molecule has 5 N–H and O–H groups in total. The Hall–Kier alpha value is -3.95. The summed E-state index contributed by atoms with van der Waals surface area (Å²) >= 11 is 0. The van der Waals surface area contributed by atoms with Gasteiger partial charge in [-0.1, -0.05) is 31.8 Å². The number of amides is 1. The summed E-state index contributed by atoms with van der Waals surface area (Å²) in [4.78, 5) is 12.2. The summed E-state index contributed by atoms with van der Waals surface area (Å²) in [5.41, 5.74) is 8.39. The molecule has 1 unspecified atom stereocenters. The summed E-state index contributed by atoms with van der Waals surface area (Å²) < 4.78 is 11.2. The number of rotatable bonds is 4. The second-order valence-electron chi connectivity index (χ2n) is 12.5. The van der Waals surface area contributed by atoms with Gasteiger partial charge in [0.1, 0.15) is 17.2 Å². The van der Waals surface area contributed by atoms with Crippen LogP contribution in [0.15, 0.2) is 29.7 Å². The highest BCUT2D eigenvalue weighted by Gasteiger charge is 2.68. The van der Waals surface area contributed by atoms with E-state index in [9.17, 15) is 15.2 Å². The zero-order valence-corrected chi connectivity index (χ0v) is 23.3. The predicted octanol–water partition coefficient (Wildman–Crippen LogP) is 4.04. The molecule has 39 heavy (non-hydrogen) atoms. The predicted molar refractivity (Wildman–Crippen MR) is 144 cm³/mol. The van der Waals surface area contributed by atoms with Crippen molar-refractivity contribution in [1.82, 2.24) is 15.5 Å². The number of aromatic nitrogens is 2. The zero-order valence-electron chi connectivity index (χ0n) is 23.3. The number of nitriles is 1. The maximum atomic E-state index is 12.2. The van der Waals surface area contributed by atoms with Gasteiger partial charge < -0.3 is 25.6 Å². The molecule has 3 fully saturated rings. The van der Waals surface area contributed by atoms with Crippen molar-refractivity contribution in [1.29, 1.82) is 5.26 Å². The minimum atomic E-state index is -0.942. The van der Waals surface area contributed by atoms with Crippen LogP contribution in [0.4, 0.5) is 4.79 Å². The van der Waals surface area contributed by atoms with Crippen LogP contribution >= 0.6 is 0 Å². The quantitative estimate of drug-likeness (QED) is 0.437. The van der Waals surface area contributed by atoms with Gasteiger partial charge in [0.15, 0.2) is 0 Å². The minimum Gasteiger partial charge on any atom is -0.444 e. The number of nitrogens with zero attached hydrogens (tertiary/aromatic N) is 2. The molecule has 2 bridgehead atoms. The largest absolute Gasteiger partial charge is 0.444 e. The molecule has 1 atom stereocenters. The Morgan fingerprint density at radius 2 is 2.00 bits per heavy atom. The smallest absolute Gasteiger partial charge is 0.408 e. The van der Waals surface area contributed by atoms with Crippen molar-refractivity contribution >= 4 is 6.09 Å². The molecule has 2 heterocycles. The number of alkyl carbamates (subject to hydrolysis) is 1. The fraction of sp³-hybridized carbons (Fsp3) is 0.500. The van der Waals surface area contributed by atoms with Crippen molar-refractivity contribution in [3.63, 3.8) is 0 Å². The Bertz CT molecular complexity index is 1470. The molecular formula is C30H35N5O4. The van der Waals surface area contributed by atoms with Crippen molar-refractivity contribution in [2.75, 3.05) is 0 Å². The van der Waals surface area contributed by atoms with Crippen LogP contribution in [0.1, 0.15) is 81.8 Å². The number of hydrogen-bond donors (Lipinski definition) is 4. The molecule has 1 aromatic heterocycles. The van der Waals surface area contributed by atoms with Crippen LogP contribution in [0.25, 0.3) is 0 Å². The molecular weight excluding hydrogens is 494 g/mol. The molecule has 0 saturated heterocycles. The van der Waals surface area contributed by atoms with Gasteiger partial charge in [-0.05, 0) is 76.1 Å². The van der Waals surface area contributed by atoms with Crippen LogP contribution in [-0.4, -0.2) is 32.5 Å². The van der Waals surface area contributed by atoms with E-state index in [1.54, 1.807) is 0 Å². The van der Waals surface area contributed by atoms with Crippen molar-refractivity contribution in [2.45, 2.75) is 84.0 Å². The Kier molecular flexibility index (Phi) is 6.01. The highest BCUT2D eigenvalue weighted by Crippen LogP contribution is 2.67. The number of aliphatic hydroxyl groups is 1. The molecule has 1 amide bonds. The van der Waals surface area contributed by atoms with Gasteiger partial charge in [-0.25, -0.2) is 9.89 Å². The molecule has 0 spiro atoms. The van der Waals surface area contributed by atoms with Gasteiger partial charge in [0.05, 0.1) is 23.3 Å². The first-order valence-electron chi connectivity index (χ1n) is 13.2. The van der Waals surface area contributed by atoms with Crippen molar-refractivity contribution in [3.8, 4) is 23.8 Å². The number of hydrogen-bond acceptors (Lipinski definition) is 7. The molecule has 4 aliphatic rings. The number of aryl methyl sites for hydroxylation is 1. The third-order valence-corrected chi connectivity index (χ3v) is 8.04. The van der Waals surface area contributed by atoms with Gasteiger partial charge in [0, 0.05) is 16.5 Å². The van der Waals surface area contributed by atoms with E-state index < -0.39 is 17.1 Å². The number of nitrogens with one attached hydrogen (secondary N) is 2. The number of carbonyl (C=O) groups is 1. The molecule has 9 heteroatoms. The van der Waals surface area contributed by atoms with Gasteiger partial charge >= 0.3 is 6.09 Å². The maximum absolute atomic E-state index is 12.2. The van der Waals surface area contributed by atoms with Crippen LogP contribution in [0.5, 0.6) is 5.88 Å². The van der Waals surface area contributed by atoms with Crippen LogP contribution in [0, 0.1) is 41.4 Å². The second kappa shape index (κ2) is 8.79. The van der Waals surface area contributed by atoms with Crippen LogP contribution in [0.2, 0.25) is 0 Å². The number of aliphatic hydroxyl groups excluding tert-OH is 1. The average molecular weight is 530 g/mol. The van der Waals surface area contributed by atoms with Gasteiger partial charge in [-0.3, -0.25) is 0 Å². The van der Waals surface area contributed by atoms with E-state index in [2.05, 4.69) is 33.4 Å². The number of aromatic amines is 1. The van der Waals surface area contributed by atoms with E-state index in [0.717, 1.165) is 36.0 Å². The zero-order chi connectivity index (χ0) is 28.4. The molecule has 1 aliphatic heterocycles. The summed E-state index contributed by atoms with van der Waals surface area (Å²) in [7, 11) is 0. The second-order valence-corrected chi connectivity index (χ2v) is 12.5. The van der Waals surface area contributed by atoms with Gasteiger partial charge in [-0.15, -0.1) is 0 Å². The molecule has 2 aromatic rings. The topological polar surface area (TPSA) is 146 Å². The van der Waals surface area contributed by atoms with E-state index in [1.807, 2.05) is 59.7 Å². The number of nitrogens with two attached hydrogens (primary N) is 1. The van der Waals surface area contributed by atoms with Gasteiger partial charge in [0.25, 0.3) is 0 Å². The third-order valence-electron chi connectivity index (χ3n) is 8.04. The SMILES string of the molecule is Cc1n[nH]c2c1C(c1cc(C#CC34CC(NC(=O)OC(C)(C)C)(C3)C4)cc(CO)c1)(C(C)C)C(C#N)=C(N)O2. The summed E-state index contributed by atoms with van der Waals surface area (Å²) in [6, 6.07) is 8.04. The molecule has 6 rings (SSSR count). The number of benzene rings is 1. The van der Waals surface area contributed by atoms with Crippen LogP contribution in [0.3, 0.4) is 0 Å². The van der Waals surface area contributed by atoms with Gasteiger partial charge in [0.2, 0.25) is 11.8 Å². The Morgan fingerprint density at radius 3 is 2.59 bits per heavy atom. The van der Waals surface area contributed by atoms with Gasteiger partial charge in [-0.2, -0.15) is 10.4 Å². The molecule has 204 valence electrons. The minimum absolute atomic E-state index is 0.0287. The lowest BCUT2D eigenvalue weighted by Crippen LogP contribution is -2.74. The molecule has 1 aromatic carbocycles. The maximum Gasteiger partial charge on any atom is 0.408 e. The number of fused-ring (bicyclic) bond motifs is 1. The number of allylic oxidation sites excluding steroid dienone is 1. The first-order chi connectivity index (χ1) is 18.3. The standard InChI is InChI=1S/C30H35N5O4/c1-17(2)30(22(12-31)24(32)38-25-23(30)18(3)34-35-25)21-10-19(9-20(11-21)13-36)7-8-28-14-29(15-28,16-28)33-26(37)39-27(4,5)6/h9-11,17,36H,13-16,32H2,1-6H3,(H,33,37)(H,34,35). The van der Waals surface area contributed by atoms with Crippen LogP contribution in [-0.2, 0) is 16.8 Å². The fourth-order valence-corrected chi connectivity index (χ4v) is 6.63. The van der Waals surface area contributed by atoms with E-state index in [-0.39, 0.29) is 29.4 Å². The van der Waals surface area contributed by atoms with Crippen molar-refractivity contribution < 1.29 is 19.4 Å². The van der Waals surface area contributed by atoms with Crippen molar-refractivity contribution in [2.24, 2.45) is 17.1 Å².